The summed E-state index contributed by atoms with van der Waals surface area (Å²) in [7, 11) is 0. The lowest BCUT2D eigenvalue weighted by atomic mass is 10.0. The number of hydrogen-bond donors (Lipinski definition) is 1. The van der Waals surface area contributed by atoms with Gasteiger partial charge < -0.3 is 5.32 Å². The van der Waals surface area contributed by atoms with Crippen molar-refractivity contribution in [1.82, 2.24) is 4.98 Å². The first kappa shape index (κ1) is 11.7. The van der Waals surface area contributed by atoms with Gasteiger partial charge in [-0.15, -0.1) is 0 Å². The van der Waals surface area contributed by atoms with Gasteiger partial charge in [-0.05, 0) is 30.9 Å². The van der Waals surface area contributed by atoms with Crippen molar-refractivity contribution in [2.45, 2.75) is 38.5 Å². The van der Waals surface area contributed by atoms with Gasteiger partial charge in [0, 0.05) is 6.54 Å². The minimum Gasteiger partial charge on any atom is -0.370 e. The van der Waals surface area contributed by atoms with Crippen LogP contribution >= 0.6 is 11.6 Å². The molecule has 0 radical (unpaired) electrons. The summed E-state index contributed by atoms with van der Waals surface area (Å²) in [6.07, 6.45) is 8.35. The molecule has 0 saturated heterocycles. The van der Waals surface area contributed by atoms with Crippen LogP contribution in [0.3, 0.4) is 0 Å². The second kappa shape index (κ2) is 6.09. The number of rotatable bonds is 5. The van der Waals surface area contributed by atoms with E-state index in [1.54, 1.807) is 6.07 Å². The Kier molecular flexibility index (Phi) is 4.46. The molecule has 2 rings (SSSR count). The summed E-state index contributed by atoms with van der Waals surface area (Å²) in [5.74, 6) is 1.87. The number of anilines is 1. The largest absolute Gasteiger partial charge is 0.370 e. The maximum absolute atomic E-state index is 5.81. The Hall–Kier alpha value is -0.760. The van der Waals surface area contributed by atoms with Gasteiger partial charge in [0.15, 0.2) is 0 Å². The molecule has 1 aliphatic rings. The van der Waals surface area contributed by atoms with Gasteiger partial charge in [-0.25, -0.2) is 4.98 Å². The molecule has 16 heavy (non-hydrogen) atoms. The monoisotopic (exact) mass is 238 g/mol. The summed E-state index contributed by atoms with van der Waals surface area (Å²) in [4.78, 5) is 4.20. The van der Waals surface area contributed by atoms with Gasteiger partial charge in [-0.2, -0.15) is 0 Å². The molecule has 1 aromatic rings. The van der Waals surface area contributed by atoms with Crippen LogP contribution in [0.15, 0.2) is 18.2 Å². The molecule has 0 aliphatic heterocycles. The first-order chi connectivity index (χ1) is 7.84. The predicted octanol–water partition coefficient (Wildman–Crippen LogP) is 4.12. The zero-order chi connectivity index (χ0) is 11.2. The Bertz CT molecular complexity index is 321. The van der Waals surface area contributed by atoms with Gasteiger partial charge in [0.05, 0.1) is 0 Å². The van der Waals surface area contributed by atoms with Crippen molar-refractivity contribution in [2.24, 2.45) is 5.92 Å². The van der Waals surface area contributed by atoms with Crippen LogP contribution in [-0.4, -0.2) is 11.5 Å². The summed E-state index contributed by atoms with van der Waals surface area (Å²) in [5, 5.41) is 3.87. The molecule has 88 valence electrons. The Balaban J connectivity index is 1.64. The van der Waals surface area contributed by atoms with Crippen molar-refractivity contribution < 1.29 is 0 Å². The maximum atomic E-state index is 5.81. The van der Waals surface area contributed by atoms with Crippen molar-refractivity contribution in [3.63, 3.8) is 0 Å². The Morgan fingerprint density at radius 2 is 2.12 bits per heavy atom. The third-order valence-corrected chi connectivity index (χ3v) is 3.50. The van der Waals surface area contributed by atoms with Crippen molar-refractivity contribution in [2.75, 3.05) is 11.9 Å². The van der Waals surface area contributed by atoms with Crippen LogP contribution in [0.2, 0.25) is 5.15 Å². The standard InChI is InChI=1S/C13H19ClN2/c14-12-8-3-9-13(16-12)15-10-4-7-11-5-1-2-6-11/h3,8-9,11H,1-2,4-7,10H2,(H,15,16). The van der Waals surface area contributed by atoms with Gasteiger partial charge in [0.25, 0.3) is 0 Å². The zero-order valence-corrected chi connectivity index (χ0v) is 10.3. The zero-order valence-electron chi connectivity index (χ0n) is 9.58. The van der Waals surface area contributed by atoms with E-state index in [-0.39, 0.29) is 0 Å². The average Bonchev–Trinajstić information content (AvgIpc) is 2.77. The van der Waals surface area contributed by atoms with Gasteiger partial charge in [0.1, 0.15) is 11.0 Å². The second-order valence-corrected chi connectivity index (χ2v) is 4.95. The highest BCUT2D eigenvalue weighted by Gasteiger charge is 2.13. The van der Waals surface area contributed by atoms with Crippen molar-refractivity contribution in [3.8, 4) is 0 Å². The molecule has 0 amide bonds. The van der Waals surface area contributed by atoms with E-state index in [1.165, 1.54) is 38.5 Å². The maximum Gasteiger partial charge on any atom is 0.131 e. The van der Waals surface area contributed by atoms with Crippen molar-refractivity contribution in [1.29, 1.82) is 0 Å². The van der Waals surface area contributed by atoms with Gasteiger partial charge in [0.2, 0.25) is 0 Å². The van der Waals surface area contributed by atoms with Crippen LogP contribution in [0.1, 0.15) is 38.5 Å². The molecular weight excluding hydrogens is 220 g/mol. The molecule has 0 unspecified atom stereocenters. The Morgan fingerprint density at radius 1 is 1.31 bits per heavy atom. The molecule has 1 N–H and O–H groups in total. The van der Waals surface area contributed by atoms with E-state index in [2.05, 4.69) is 10.3 Å². The van der Waals surface area contributed by atoms with Gasteiger partial charge in [-0.3, -0.25) is 0 Å². The van der Waals surface area contributed by atoms with E-state index in [1.807, 2.05) is 12.1 Å². The van der Waals surface area contributed by atoms with E-state index in [0.29, 0.717) is 5.15 Å². The lowest BCUT2D eigenvalue weighted by molar-refractivity contribution is 0.491. The highest BCUT2D eigenvalue weighted by atomic mass is 35.5. The number of nitrogens with one attached hydrogen (secondary N) is 1. The predicted molar refractivity (Wildman–Crippen MR) is 68.9 cm³/mol. The normalized spacial score (nSPS) is 16.6. The third kappa shape index (κ3) is 3.67. The second-order valence-electron chi connectivity index (χ2n) is 4.57. The van der Waals surface area contributed by atoms with E-state index in [0.717, 1.165) is 18.3 Å². The molecule has 0 bridgehead atoms. The SMILES string of the molecule is Clc1cccc(NCCCC2CCCC2)n1. The molecule has 0 spiro atoms. The summed E-state index contributed by atoms with van der Waals surface area (Å²) in [5.41, 5.74) is 0. The van der Waals surface area contributed by atoms with Gasteiger partial charge in [-0.1, -0.05) is 43.4 Å². The molecule has 1 heterocycles. The fraction of sp³-hybridized carbons (Fsp3) is 0.615. The van der Waals surface area contributed by atoms with Crippen LogP contribution in [0.25, 0.3) is 0 Å². The molecule has 0 aromatic carbocycles. The summed E-state index contributed by atoms with van der Waals surface area (Å²) in [6.45, 7) is 1.00. The first-order valence-corrected chi connectivity index (χ1v) is 6.59. The topological polar surface area (TPSA) is 24.9 Å². The fourth-order valence-corrected chi connectivity index (χ4v) is 2.58. The molecule has 1 aromatic heterocycles. The fourth-order valence-electron chi connectivity index (χ4n) is 2.41. The van der Waals surface area contributed by atoms with Crippen molar-refractivity contribution in [3.05, 3.63) is 23.4 Å². The average molecular weight is 239 g/mol. The highest BCUT2D eigenvalue weighted by molar-refractivity contribution is 6.29. The van der Waals surface area contributed by atoms with E-state index in [4.69, 9.17) is 11.6 Å². The molecule has 1 aliphatic carbocycles. The number of hydrogen-bond acceptors (Lipinski definition) is 2. The van der Waals surface area contributed by atoms with Crippen LogP contribution < -0.4 is 5.32 Å². The minimum atomic E-state index is 0.556. The molecule has 1 fully saturated rings. The van der Waals surface area contributed by atoms with Crippen LogP contribution in [0, 0.1) is 5.92 Å². The molecule has 3 heteroatoms. The summed E-state index contributed by atoms with van der Waals surface area (Å²) < 4.78 is 0. The highest BCUT2D eigenvalue weighted by Crippen LogP contribution is 2.28. The molecule has 2 nitrogen and oxygen atoms in total. The minimum absolute atomic E-state index is 0.556. The summed E-state index contributed by atoms with van der Waals surface area (Å²) >= 11 is 5.81. The van der Waals surface area contributed by atoms with Crippen molar-refractivity contribution >= 4 is 17.4 Å². The molecule has 0 atom stereocenters. The van der Waals surface area contributed by atoms with Crippen LogP contribution in [0.5, 0.6) is 0 Å². The first-order valence-electron chi connectivity index (χ1n) is 6.21. The lowest BCUT2D eigenvalue weighted by Crippen LogP contribution is -2.05. The quantitative estimate of drug-likeness (QED) is 0.617. The number of halogens is 1. The van der Waals surface area contributed by atoms with E-state index < -0.39 is 0 Å². The Labute approximate surface area is 102 Å². The van der Waals surface area contributed by atoms with Crippen LogP contribution in [-0.2, 0) is 0 Å². The summed E-state index contributed by atoms with van der Waals surface area (Å²) in [6, 6.07) is 5.68. The van der Waals surface area contributed by atoms with E-state index in [9.17, 15) is 0 Å². The molecule has 1 saturated carbocycles. The van der Waals surface area contributed by atoms with E-state index >= 15 is 0 Å². The van der Waals surface area contributed by atoms with Crippen LogP contribution in [0.4, 0.5) is 5.82 Å². The number of pyridine rings is 1. The third-order valence-electron chi connectivity index (χ3n) is 3.29. The van der Waals surface area contributed by atoms with Gasteiger partial charge >= 0.3 is 0 Å². The Morgan fingerprint density at radius 3 is 2.88 bits per heavy atom. The number of nitrogens with zero attached hydrogens (tertiary/aromatic N) is 1. The smallest absolute Gasteiger partial charge is 0.131 e. The molecular formula is C13H19ClN2. The number of aromatic nitrogens is 1. The lowest BCUT2D eigenvalue weighted by Gasteiger charge is -2.09.